The average molecular weight is 494 g/mol. The van der Waals surface area contributed by atoms with Gasteiger partial charge in [-0.15, -0.1) is 0 Å². The number of nitrogens with one attached hydrogen (secondary N) is 1. The molecule has 156 valence electrons. The predicted molar refractivity (Wildman–Crippen MR) is 107 cm³/mol. The van der Waals surface area contributed by atoms with Crippen molar-refractivity contribution in [3.05, 3.63) is 51.0 Å². The monoisotopic (exact) mass is 492 g/mol. The number of likely N-dealkylation sites (N-methyl/N-ethyl adjacent to an activating group) is 1. The zero-order valence-corrected chi connectivity index (χ0v) is 17.6. The highest BCUT2D eigenvalue weighted by Gasteiger charge is 2.33. The molecule has 0 atom stereocenters. The van der Waals surface area contributed by atoms with Crippen LogP contribution in [0.15, 0.2) is 34.8 Å². The molecule has 1 N–H and O–H groups in total. The second-order valence-corrected chi connectivity index (χ2v) is 7.76. The lowest BCUT2D eigenvalue weighted by molar-refractivity contribution is -0.137. The Balaban J connectivity index is 1.63. The Hall–Kier alpha value is -1.97. The third kappa shape index (κ3) is 5.55. The number of nitrogens with zero attached hydrogens (tertiary/aromatic N) is 1. The van der Waals surface area contributed by atoms with E-state index in [1.807, 2.05) is 12.1 Å². The summed E-state index contributed by atoms with van der Waals surface area (Å²) in [7, 11) is 1.73. The van der Waals surface area contributed by atoms with Crippen LogP contribution in [0.1, 0.15) is 11.1 Å². The number of hydrogen-bond donors (Lipinski definition) is 1. The minimum Gasteiger partial charge on any atom is -0.486 e. The van der Waals surface area contributed by atoms with E-state index in [0.717, 1.165) is 22.2 Å². The summed E-state index contributed by atoms with van der Waals surface area (Å²) in [6.07, 6.45) is -4.60. The van der Waals surface area contributed by atoms with Crippen molar-refractivity contribution in [3.8, 4) is 11.5 Å². The number of carbonyl (C=O) groups is 1. The van der Waals surface area contributed by atoms with E-state index in [0.29, 0.717) is 31.3 Å². The lowest BCUT2D eigenvalue weighted by Crippen LogP contribution is -2.30. The highest BCUT2D eigenvalue weighted by atomic mass is 79.9. The maximum absolute atomic E-state index is 12.9. The van der Waals surface area contributed by atoms with Crippen molar-refractivity contribution in [3.63, 3.8) is 0 Å². The fourth-order valence-electron chi connectivity index (χ4n) is 2.84. The van der Waals surface area contributed by atoms with Gasteiger partial charge in [-0.2, -0.15) is 13.2 Å². The van der Waals surface area contributed by atoms with Crippen LogP contribution in [0.2, 0.25) is 5.02 Å². The van der Waals surface area contributed by atoms with E-state index in [4.69, 9.17) is 21.1 Å². The number of amides is 1. The first kappa shape index (κ1) is 21.7. The van der Waals surface area contributed by atoms with Crippen LogP contribution in [-0.2, 0) is 17.5 Å². The van der Waals surface area contributed by atoms with Crippen LogP contribution in [0.3, 0.4) is 0 Å². The Morgan fingerprint density at radius 2 is 1.86 bits per heavy atom. The second-order valence-electron chi connectivity index (χ2n) is 6.50. The van der Waals surface area contributed by atoms with Gasteiger partial charge in [0.25, 0.3) is 0 Å². The van der Waals surface area contributed by atoms with Crippen LogP contribution in [0.4, 0.5) is 18.9 Å². The summed E-state index contributed by atoms with van der Waals surface area (Å²) in [6, 6.07) is 6.90. The summed E-state index contributed by atoms with van der Waals surface area (Å²) < 4.78 is 50.7. The molecular formula is C19H17BrClF3N2O3. The van der Waals surface area contributed by atoms with Crippen molar-refractivity contribution in [2.45, 2.75) is 12.7 Å². The van der Waals surface area contributed by atoms with Crippen molar-refractivity contribution in [1.29, 1.82) is 0 Å². The Morgan fingerprint density at radius 3 is 2.52 bits per heavy atom. The van der Waals surface area contributed by atoms with E-state index < -0.39 is 22.7 Å². The van der Waals surface area contributed by atoms with Crippen LogP contribution < -0.4 is 14.8 Å². The molecule has 0 spiro atoms. The first-order valence-corrected chi connectivity index (χ1v) is 9.74. The minimum atomic E-state index is -4.60. The molecule has 0 aromatic heterocycles. The summed E-state index contributed by atoms with van der Waals surface area (Å²) >= 11 is 9.07. The molecule has 10 heteroatoms. The van der Waals surface area contributed by atoms with E-state index in [-0.39, 0.29) is 12.2 Å². The van der Waals surface area contributed by atoms with Crippen molar-refractivity contribution < 1.29 is 27.4 Å². The molecule has 0 radical (unpaired) electrons. The molecular weight excluding hydrogens is 477 g/mol. The zero-order chi connectivity index (χ0) is 21.2. The predicted octanol–water partition coefficient (Wildman–Crippen LogP) is 4.96. The van der Waals surface area contributed by atoms with Crippen molar-refractivity contribution in [1.82, 2.24) is 4.90 Å². The van der Waals surface area contributed by atoms with E-state index >= 15 is 0 Å². The maximum atomic E-state index is 12.9. The van der Waals surface area contributed by atoms with E-state index in [1.165, 1.54) is 6.07 Å². The molecule has 0 bridgehead atoms. The first-order chi connectivity index (χ1) is 13.6. The highest BCUT2D eigenvalue weighted by molar-refractivity contribution is 9.10. The van der Waals surface area contributed by atoms with Gasteiger partial charge < -0.3 is 14.8 Å². The lowest BCUT2D eigenvalue weighted by atomic mass is 10.1. The molecule has 2 aromatic carbocycles. The quantitative estimate of drug-likeness (QED) is 0.640. The van der Waals surface area contributed by atoms with Gasteiger partial charge in [0.2, 0.25) is 5.91 Å². The van der Waals surface area contributed by atoms with Crippen LogP contribution in [0.25, 0.3) is 0 Å². The molecule has 2 aromatic rings. The summed E-state index contributed by atoms with van der Waals surface area (Å²) in [4.78, 5) is 14.0. The van der Waals surface area contributed by atoms with Gasteiger partial charge in [-0.3, -0.25) is 9.69 Å². The summed E-state index contributed by atoms with van der Waals surface area (Å²) in [6.45, 7) is 1.34. The Morgan fingerprint density at radius 1 is 1.21 bits per heavy atom. The third-order valence-corrected chi connectivity index (χ3v) is 5.19. The smallest absolute Gasteiger partial charge is 0.417 e. The van der Waals surface area contributed by atoms with Gasteiger partial charge in [-0.25, -0.2) is 0 Å². The van der Waals surface area contributed by atoms with Gasteiger partial charge in [0.1, 0.15) is 13.2 Å². The molecule has 0 saturated carbocycles. The van der Waals surface area contributed by atoms with Gasteiger partial charge in [0.05, 0.1) is 17.1 Å². The number of rotatable bonds is 5. The van der Waals surface area contributed by atoms with E-state index in [1.54, 1.807) is 11.9 Å². The average Bonchev–Trinajstić information content (AvgIpc) is 2.63. The van der Waals surface area contributed by atoms with Gasteiger partial charge in [-0.05, 0) is 42.9 Å². The molecule has 1 heterocycles. The Bertz CT molecular complexity index is 924. The van der Waals surface area contributed by atoms with Crippen LogP contribution >= 0.6 is 27.5 Å². The molecule has 5 nitrogen and oxygen atoms in total. The van der Waals surface area contributed by atoms with Crippen molar-refractivity contribution in [2.24, 2.45) is 0 Å². The third-order valence-electron chi connectivity index (χ3n) is 4.12. The number of halogens is 5. The second kappa shape index (κ2) is 8.81. The normalized spacial score (nSPS) is 13.5. The zero-order valence-electron chi connectivity index (χ0n) is 15.3. The molecule has 1 aliphatic heterocycles. The number of carbonyl (C=O) groups excluding carboxylic acids is 1. The molecule has 1 aliphatic rings. The summed E-state index contributed by atoms with van der Waals surface area (Å²) in [5.41, 5.74) is -0.0819. The van der Waals surface area contributed by atoms with E-state index in [9.17, 15) is 18.0 Å². The summed E-state index contributed by atoms with van der Waals surface area (Å²) in [5, 5.41) is 2.05. The minimum absolute atomic E-state index is 0.0230. The molecule has 1 amide bonds. The topological polar surface area (TPSA) is 50.8 Å². The standard InChI is InChI=1S/C19H17BrClF3N2O3/c1-26(9-11-6-16-17(8-14(11)20)29-5-4-28-16)10-18(27)25-12-2-3-15(21)13(7-12)19(22,23)24/h2-3,6-8H,4-5,9-10H2,1H3,(H,25,27). The fraction of sp³-hybridized carbons (Fsp3) is 0.316. The molecule has 29 heavy (non-hydrogen) atoms. The number of benzene rings is 2. The number of hydrogen-bond acceptors (Lipinski definition) is 4. The van der Waals surface area contributed by atoms with Crippen LogP contribution in [0.5, 0.6) is 11.5 Å². The molecule has 0 aliphatic carbocycles. The Kier molecular flexibility index (Phi) is 6.60. The fourth-order valence-corrected chi connectivity index (χ4v) is 3.51. The highest BCUT2D eigenvalue weighted by Crippen LogP contribution is 2.37. The first-order valence-electron chi connectivity index (χ1n) is 8.56. The van der Waals surface area contributed by atoms with Gasteiger partial charge in [-0.1, -0.05) is 27.5 Å². The number of anilines is 1. The number of fused-ring (bicyclic) bond motifs is 1. The number of alkyl halides is 3. The van der Waals surface area contributed by atoms with Gasteiger partial charge >= 0.3 is 6.18 Å². The van der Waals surface area contributed by atoms with Crippen LogP contribution in [0, 0.1) is 0 Å². The SMILES string of the molecule is CN(CC(=O)Nc1ccc(Cl)c(C(F)(F)F)c1)Cc1cc2c(cc1Br)OCCO2. The van der Waals surface area contributed by atoms with Crippen LogP contribution in [-0.4, -0.2) is 37.6 Å². The maximum Gasteiger partial charge on any atom is 0.417 e. The molecule has 3 rings (SSSR count). The van der Waals surface area contributed by atoms with Crippen molar-refractivity contribution in [2.75, 3.05) is 32.1 Å². The van der Waals surface area contributed by atoms with E-state index in [2.05, 4.69) is 21.2 Å². The molecule has 0 fully saturated rings. The lowest BCUT2D eigenvalue weighted by Gasteiger charge is -2.22. The number of ether oxygens (including phenoxy) is 2. The molecule has 0 saturated heterocycles. The van der Waals surface area contributed by atoms with Crippen molar-refractivity contribution >= 4 is 39.1 Å². The van der Waals surface area contributed by atoms with Gasteiger partial charge in [0, 0.05) is 16.7 Å². The summed E-state index contributed by atoms with van der Waals surface area (Å²) in [5.74, 6) is 0.834. The van der Waals surface area contributed by atoms with Gasteiger partial charge in [0.15, 0.2) is 11.5 Å². The largest absolute Gasteiger partial charge is 0.486 e. The molecule has 0 unspecified atom stereocenters. The Labute approximate surface area is 178 Å².